The van der Waals surface area contributed by atoms with Crippen LogP contribution in [0, 0.1) is 0 Å². The molecule has 0 spiro atoms. The van der Waals surface area contributed by atoms with Crippen LogP contribution in [0.15, 0.2) is 60.7 Å². The van der Waals surface area contributed by atoms with E-state index in [1.54, 1.807) is 14.2 Å². The van der Waals surface area contributed by atoms with Gasteiger partial charge in [-0.15, -0.1) is 0 Å². The smallest absolute Gasteiger partial charge is 0.254 e. The molecule has 3 aromatic carbocycles. The van der Waals surface area contributed by atoms with Crippen molar-refractivity contribution in [3.8, 4) is 11.5 Å². The summed E-state index contributed by atoms with van der Waals surface area (Å²) in [4.78, 5) is 15.5. The van der Waals surface area contributed by atoms with Crippen molar-refractivity contribution in [1.29, 1.82) is 0 Å². The average Bonchev–Trinajstić information content (AvgIpc) is 2.81. The fraction of sp³-hybridized carbons (Fsp3) is 0.269. The molecular formula is C26H26ClNO3. The minimum Gasteiger partial charge on any atom is -0.493 e. The van der Waals surface area contributed by atoms with Crippen LogP contribution in [0.3, 0.4) is 0 Å². The van der Waals surface area contributed by atoms with E-state index in [4.69, 9.17) is 21.1 Å². The summed E-state index contributed by atoms with van der Waals surface area (Å²) < 4.78 is 11.1. The maximum atomic E-state index is 13.6. The van der Waals surface area contributed by atoms with Gasteiger partial charge < -0.3 is 14.4 Å². The van der Waals surface area contributed by atoms with Crippen LogP contribution in [0.5, 0.6) is 11.5 Å². The number of nitrogens with zero attached hydrogens (tertiary/aromatic N) is 1. The van der Waals surface area contributed by atoms with E-state index in [-0.39, 0.29) is 11.9 Å². The summed E-state index contributed by atoms with van der Waals surface area (Å²) in [6.07, 6.45) is 1.68. The molecule has 160 valence electrons. The minimum atomic E-state index is -0.263. The van der Waals surface area contributed by atoms with Gasteiger partial charge >= 0.3 is 0 Å². The van der Waals surface area contributed by atoms with Crippen LogP contribution in [-0.4, -0.2) is 31.6 Å². The first-order valence-corrected chi connectivity index (χ1v) is 10.8. The van der Waals surface area contributed by atoms with Crippen molar-refractivity contribution in [2.75, 3.05) is 20.8 Å². The number of hydrogen-bond acceptors (Lipinski definition) is 3. The van der Waals surface area contributed by atoms with Gasteiger partial charge in [-0.1, -0.05) is 42.8 Å². The lowest BCUT2D eigenvalue weighted by Crippen LogP contribution is -2.40. The van der Waals surface area contributed by atoms with Crippen molar-refractivity contribution >= 4 is 17.5 Å². The van der Waals surface area contributed by atoms with Crippen molar-refractivity contribution in [2.24, 2.45) is 0 Å². The first-order chi connectivity index (χ1) is 15.0. The number of amides is 1. The predicted molar refractivity (Wildman–Crippen MR) is 123 cm³/mol. The molecule has 0 bridgehead atoms. The number of fused-ring (bicyclic) bond motifs is 1. The second-order valence-electron chi connectivity index (χ2n) is 7.66. The van der Waals surface area contributed by atoms with E-state index in [0.717, 1.165) is 29.5 Å². The zero-order chi connectivity index (χ0) is 22.0. The number of carbonyl (C=O) groups is 1. The SMILES string of the molecule is CCc1ccc(C(=O)N2CCc3cc(OC)c(OC)cc3[C@H]2c2cccc(Cl)c2)cc1. The Labute approximate surface area is 188 Å². The molecule has 3 aromatic rings. The molecule has 0 radical (unpaired) electrons. The zero-order valence-electron chi connectivity index (χ0n) is 18.0. The molecule has 0 aromatic heterocycles. The van der Waals surface area contributed by atoms with Crippen molar-refractivity contribution < 1.29 is 14.3 Å². The Morgan fingerprint density at radius 1 is 1.03 bits per heavy atom. The number of methoxy groups -OCH3 is 2. The van der Waals surface area contributed by atoms with E-state index in [2.05, 4.69) is 6.92 Å². The van der Waals surface area contributed by atoms with Gasteiger partial charge in [0.15, 0.2) is 11.5 Å². The van der Waals surface area contributed by atoms with Gasteiger partial charge in [-0.3, -0.25) is 4.79 Å². The monoisotopic (exact) mass is 435 g/mol. The first kappa shape index (κ1) is 21.3. The minimum absolute atomic E-state index is 0.00747. The van der Waals surface area contributed by atoms with Crippen LogP contribution in [0.25, 0.3) is 0 Å². The summed E-state index contributed by atoms with van der Waals surface area (Å²) in [5.41, 5.74) is 5.05. The van der Waals surface area contributed by atoms with E-state index in [1.165, 1.54) is 5.56 Å². The Hall–Kier alpha value is -2.98. The molecule has 1 atom stereocenters. The van der Waals surface area contributed by atoms with Gasteiger partial charge in [-0.05, 0) is 71.5 Å². The molecule has 1 aliphatic rings. The Morgan fingerprint density at radius 2 is 1.74 bits per heavy atom. The molecule has 0 aliphatic carbocycles. The summed E-state index contributed by atoms with van der Waals surface area (Å²) in [5.74, 6) is 1.35. The summed E-state index contributed by atoms with van der Waals surface area (Å²) in [6.45, 7) is 2.71. The van der Waals surface area contributed by atoms with Crippen molar-refractivity contribution in [1.82, 2.24) is 4.90 Å². The lowest BCUT2D eigenvalue weighted by molar-refractivity contribution is 0.0694. The summed E-state index contributed by atoms with van der Waals surface area (Å²) in [7, 11) is 3.26. The molecule has 0 saturated heterocycles. The van der Waals surface area contributed by atoms with E-state index in [9.17, 15) is 4.79 Å². The largest absolute Gasteiger partial charge is 0.493 e. The Morgan fingerprint density at radius 3 is 2.39 bits per heavy atom. The van der Waals surface area contributed by atoms with Gasteiger partial charge in [0, 0.05) is 17.1 Å². The molecule has 1 amide bonds. The summed E-state index contributed by atoms with van der Waals surface area (Å²) in [6, 6.07) is 19.3. The molecule has 0 fully saturated rings. The van der Waals surface area contributed by atoms with Crippen molar-refractivity contribution in [2.45, 2.75) is 25.8 Å². The molecular weight excluding hydrogens is 410 g/mol. The maximum absolute atomic E-state index is 13.6. The molecule has 4 nitrogen and oxygen atoms in total. The highest BCUT2D eigenvalue weighted by molar-refractivity contribution is 6.30. The van der Waals surface area contributed by atoms with Gasteiger partial charge in [0.2, 0.25) is 0 Å². The van der Waals surface area contributed by atoms with E-state index in [1.807, 2.05) is 65.6 Å². The first-order valence-electron chi connectivity index (χ1n) is 10.5. The number of rotatable bonds is 5. The molecule has 5 heteroatoms. The highest BCUT2D eigenvalue weighted by Crippen LogP contribution is 2.42. The molecule has 0 N–H and O–H groups in total. The summed E-state index contributed by atoms with van der Waals surface area (Å²) in [5, 5.41) is 0.643. The fourth-order valence-corrected chi connectivity index (χ4v) is 4.45. The Kier molecular flexibility index (Phi) is 6.19. The summed E-state index contributed by atoms with van der Waals surface area (Å²) >= 11 is 6.33. The lowest BCUT2D eigenvalue weighted by atomic mass is 9.87. The molecule has 31 heavy (non-hydrogen) atoms. The molecule has 0 unspecified atom stereocenters. The highest BCUT2D eigenvalue weighted by atomic mass is 35.5. The Balaban J connectivity index is 1.82. The van der Waals surface area contributed by atoms with Crippen molar-refractivity contribution in [3.63, 3.8) is 0 Å². The van der Waals surface area contributed by atoms with Crippen LogP contribution in [-0.2, 0) is 12.8 Å². The third-order valence-corrected chi connectivity index (χ3v) is 6.14. The normalized spacial score (nSPS) is 15.4. The molecule has 1 heterocycles. The predicted octanol–water partition coefficient (Wildman–Crippen LogP) is 5.71. The standard InChI is InChI=1S/C26H26ClNO3/c1-4-17-8-10-18(11-9-17)26(29)28-13-12-19-15-23(30-2)24(31-3)16-22(19)25(28)20-6-5-7-21(27)14-20/h5-11,14-16,25H,4,12-13H2,1-3H3/t25-/m1/s1. The quantitative estimate of drug-likeness (QED) is 0.515. The van der Waals surface area contributed by atoms with Gasteiger partial charge in [0.25, 0.3) is 5.91 Å². The number of ether oxygens (including phenoxy) is 2. The van der Waals surface area contributed by atoms with Gasteiger partial charge in [0.05, 0.1) is 20.3 Å². The molecule has 0 saturated carbocycles. The van der Waals surface area contributed by atoms with Crippen LogP contribution >= 0.6 is 11.6 Å². The van der Waals surface area contributed by atoms with Crippen LogP contribution in [0.1, 0.15) is 45.6 Å². The second-order valence-corrected chi connectivity index (χ2v) is 8.10. The third kappa shape index (κ3) is 4.13. The number of hydrogen-bond donors (Lipinski definition) is 0. The second kappa shape index (κ2) is 9.03. The molecule has 1 aliphatic heterocycles. The average molecular weight is 436 g/mol. The maximum Gasteiger partial charge on any atom is 0.254 e. The van der Waals surface area contributed by atoms with Gasteiger partial charge in [0.1, 0.15) is 0 Å². The van der Waals surface area contributed by atoms with Crippen molar-refractivity contribution in [3.05, 3.63) is 93.5 Å². The van der Waals surface area contributed by atoms with E-state index < -0.39 is 0 Å². The number of aryl methyl sites for hydroxylation is 1. The van der Waals surface area contributed by atoms with Crippen LogP contribution in [0.4, 0.5) is 0 Å². The van der Waals surface area contributed by atoms with Crippen LogP contribution in [0.2, 0.25) is 5.02 Å². The van der Waals surface area contributed by atoms with Gasteiger partial charge in [-0.25, -0.2) is 0 Å². The zero-order valence-corrected chi connectivity index (χ0v) is 18.8. The highest BCUT2D eigenvalue weighted by Gasteiger charge is 2.34. The Bertz CT molecular complexity index is 1090. The van der Waals surface area contributed by atoms with Crippen LogP contribution < -0.4 is 9.47 Å². The van der Waals surface area contributed by atoms with Gasteiger partial charge in [-0.2, -0.15) is 0 Å². The fourth-order valence-electron chi connectivity index (χ4n) is 4.25. The molecule has 4 rings (SSSR count). The number of halogens is 1. The number of carbonyl (C=O) groups excluding carboxylic acids is 1. The topological polar surface area (TPSA) is 38.8 Å². The van der Waals surface area contributed by atoms with E-state index >= 15 is 0 Å². The number of benzene rings is 3. The van der Waals surface area contributed by atoms with E-state index in [0.29, 0.717) is 28.6 Å². The third-order valence-electron chi connectivity index (χ3n) is 5.91. The lowest BCUT2D eigenvalue weighted by Gasteiger charge is -2.38.